The number of benzene rings is 3. The molecule has 0 bridgehead atoms. The van der Waals surface area contributed by atoms with Gasteiger partial charge in [0.25, 0.3) is 5.91 Å². The first-order valence-corrected chi connectivity index (χ1v) is 13.3. The molecule has 0 aliphatic heterocycles. The second-order valence-electron chi connectivity index (χ2n) is 9.53. The van der Waals surface area contributed by atoms with Crippen molar-refractivity contribution in [1.82, 2.24) is 0 Å². The number of hydrogen-bond acceptors (Lipinski definition) is 5. The number of nitrogens with one attached hydrogen (secondary N) is 2. The molecular weight excluding hydrogens is 484 g/mol. The number of anilines is 2. The van der Waals surface area contributed by atoms with Crippen molar-refractivity contribution in [1.29, 1.82) is 0 Å². The van der Waals surface area contributed by atoms with Gasteiger partial charge in [0.05, 0.1) is 21.3 Å². The minimum atomic E-state index is -3.73. The van der Waals surface area contributed by atoms with Crippen LogP contribution in [0.5, 0.6) is 5.75 Å². The molecule has 0 saturated heterocycles. The lowest BCUT2D eigenvalue weighted by atomic mass is 9.87. The Balaban J connectivity index is 1.82. The number of phenols is 1. The van der Waals surface area contributed by atoms with E-state index in [-0.39, 0.29) is 38.9 Å². The second kappa shape index (κ2) is 10.3. The van der Waals surface area contributed by atoms with E-state index < -0.39 is 21.1 Å². The molecule has 1 amide bonds. The van der Waals surface area contributed by atoms with Crippen LogP contribution in [0.25, 0.3) is 0 Å². The highest BCUT2D eigenvalue weighted by Gasteiger charge is 2.27. The molecule has 0 aliphatic rings. The molecule has 0 fully saturated rings. The summed E-state index contributed by atoms with van der Waals surface area (Å²) in [5, 5.41) is 15.3. The van der Waals surface area contributed by atoms with Crippen LogP contribution in [0.1, 0.15) is 55.6 Å². The third-order valence-electron chi connectivity index (χ3n) is 5.76. The number of aromatic hydroxyl groups is 1. The maximum Gasteiger partial charge on any atom is 0.255 e. The average molecular weight is 515 g/mol. The van der Waals surface area contributed by atoms with Crippen LogP contribution < -0.4 is 10.6 Å². The number of carbonyl (C=O) groups is 1. The Morgan fingerprint density at radius 1 is 1.00 bits per heavy atom. The molecule has 3 aromatic rings. The number of halogens is 1. The lowest BCUT2D eigenvalue weighted by Crippen LogP contribution is -2.29. The normalized spacial score (nSPS) is 12.7. The van der Waals surface area contributed by atoms with Gasteiger partial charge >= 0.3 is 0 Å². The van der Waals surface area contributed by atoms with Crippen molar-refractivity contribution in [3.8, 4) is 5.75 Å². The number of aryl methyl sites for hydroxylation is 1. The van der Waals surface area contributed by atoms with Crippen molar-refractivity contribution in [2.45, 2.75) is 56.7 Å². The maximum atomic E-state index is 13.3. The molecule has 1 unspecified atom stereocenters. The summed E-state index contributed by atoms with van der Waals surface area (Å²) in [5.41, 5.74) is 2.77. The SMILES string of the molecule is CCC(Nc1cc(O)c(NC(=O)c2ccc(C)cc2)cc1Cl)S(=O)(=O)c1ccc(C(C)(C)C)cc1. The number of sulfone groups is 1. The highest BCUT2D eigenvalue weighted by atomic mass is 35.5. The molecule has 0 heterocycles. The zero-order chi connectivity index (χ0) is 26.0. The van der Waals surface area contributed by atoms with E-state index in [4.69, 9.17) is 11.6 Å². The quantitative estimate of drug-likeness (QED) is 0.312. The van der Waals surface area contributed by atoms with Crippen LogP contribution in [0.2, 0.25) is 5.02 Å². The highest BCUT2D eigenvalue weighted by Crippen LogP contribution is 2.36. The van der Waals surface area contributed by atoms with Crippen molar-refractivity contribution in [2.75, 3.05) is 10.6 Å². The first-order chi connectivity index (χ1) is 16.3. The Bertz CT molecular complexity index is 1310. The molecule has 3 rings (SSSR count). The lowest BCUT2D eigenvalue weighted by Gasteiger charge is -2.22. The summed E-state index contributed by atoms with van der Waals surface area (Å²) < 4.78 is 26.6. The summed E-state index contributed by atoms with van der Waals surface area (Å²) in [6.45, 7) is 9.86. The van der Waals surface area contributed by atoms with E-state index >= 15 is 0 Å². The van der Waals surface area contributed by atoms with Crippen LogP contribution in [0.15, 0.2) is 65.6 Å². The molecule has 0 radical (unpaired) electrons. The summed E-state index contributed by atoms with van der Waals surface area (Å²) in [7, 11) is -3.73. The van der Waals surface area contributed by atoms with Crippen LogP contribution in [-0.2, 0) is 15.3 Å². The van der Waals surface area contributed by atoms with Crippen LogP contribution in [0.4, 0.5) is 11.4 Å². The Labute approximate surface area is 212 Å². The minimum Gasteiger partial charge on any atom is -0.506 e. The smallest absolute Gasteiger partial charge is 0.255 e. The molecule has 6 nitrogen and oxygen atoms in total. The molecule has 3 N–H and O–H groups in total. The van der Waals surface area contributed by atoms with Crippen LogP contribution in [-0.4, -0.2) is 24.8 Å². The predicted molar refractivity (Wildman–Crippen MR) is 142 cm³/mol. The second-order valence-corrected chi connectivity index (χ2v) is 12.1. The van der Waals surface area contributed by atoms with E-state index in [0.717, 1.165) is 11.1 Å². The average Bonchev–Trinajstić information content (AvgIpc) is 2.80. The molecule has 3 aromatic carbocycles. The summed E-state index contributed by atoms with van der Waals surface area (Å²) >= 11 is 6.40. The predicted octanol–water partition coefficient (Wildman–Crippen LogP) is 6.53. The molecule has 186 valence electrons. The Morgan fingerprint density at radius 3 is 2.14 bits per heavy atom. The fourth-order valence-corrected chi connectivity index (χ4v) is 5.34. The van der Waals surface area contributed by atoms with Gasteiger partial charge in [-0.05, 0) is 54.7 Å². The Morgan fingerprint density at radius 2 is 1.60 bits per heavy atom. The highest BCUT2D eigenvalue weighted by molar-refractivity contribution is 7.92. The van der Waals surface area contributed by atoms with E-state index in [9.17, 15) is 18.3 Å². The summed E-state index contributed by atoms with van der Waals surface area (Å²) in [6, 6.07) is 16.6. The fraction of sp³-hybridized carbons (Fsp3) is 0.296. The standard InChI is InChI=1S/C27H31ClN2O4S/c1-6-25(35(33,34)20-13-11-19(12-14-20)27(3,4)5)29-22-16-24(31)23(15-21(22)28)30-26(32)18-9-7-17(2)8-10-18/h7-16,25,29,31H,6H2,1-5H3,(H,30,32). The summed E-state index contributed by atoms with van der Waals surface area (Å²) in [5.74, 6) is -0.635. The van der Waals surface area contributed by atoms with Gasteiger partial charge in [-0.25, -0.2) is 8.42 Å². The van der Waals surface area contributed by atoms with E-state index in [1.54, 1.807) is 31.2 Å². The Kier molecular flexibility index (Phi) is 7.82. The minimum absolute atomic E-state index is 0.0909. The zero-order valence-corrected chi connectivity index (χ0v) is 22.1. The third kappa shape index (κ3) is 6.16. The van der Waals surface area contributed by atoms with Gasteiger partial charge in [0.1, 0.15) is 11.1 Å². The van der Waals surface area contributed by atoms with E-state index in [0.29, 0.717) is 5.56 Å². The molecule has 8 heteroatoms. The summed E-state index contributed by atoms with van der Waals surface area (Å²) in [4.78, 5) is 12.7. The van der Waals surface area contributed by atoms with Gasteiger partial charge in [0.15, 0.2) is 9.84 Å². The van der Waals surface area contributed by atoms with Crippen molar-refractivity contribution < 1.29 is 18.3 Å². The topological polar surface area (TPSA) is 95.5 Å². The van der Waals surface area contributed by atoms with Gasteiger partial charge in [0.2, 0.25) is 0 Å². The van der Waals surface area contributed by atoms with Crippen LogP contribution in [0, 0.1) is 6.92 Å². The molecule has 0 saturated carbocycles. The number of phenolic OH excluding ortho intramolecular Hbond substituents is 1. The van der Waals surface area contributed by atoms with Gasteiger partial charge in [-0.15, -0.1) is 0 Å². The van der Waals surface area contributed by atoms with Gasteiger partial charge in [-0.3, -0.25) is 4.79 Å². The monoisotopic (exact) mass is 514 g/mol. The summed E-state index contributed by atoms with van der Waals surface area (Å²) in [6.07, 6.45) is 0.270. The van der Waals surface area contributed by atoms with E-state index in [1.807, 2.05) is 31.2 Å². The van der Waals surface area contributed by atoms with Gasteiger partial charge in [0, 0.05) is 11.6 Å². The molecule has 0 aromatic heterocycles. The molecule has 35 heavy (non-hydrogen) atoms. The first-order valence-electron chi connectivity index (χ1n) is 11.3. The number of rotatable bonds is 7. The number of carbonyl (C=O) groups excluding carboxylic acids is 1. The largest absolute Gasteiger partial charge is 0.506 e. The van der Waals surface area contributed by atoms with E-state index in [1.165, 1.54) is 12.1 Å². The van der Waals surface area contributed by atoms with Crippen LogP contribution in [0.3, 0.4) is 0 Å². The van der Waals surface area contributed by atoms with Gasteiger partial charge in [-0.2, -0.15) is 0 Å². The zero-order valence-electron chi connectivity index (χ0n) is 20.5. The van der Waals surface area contributed by atoms with E-state index in [2.05, 4.69) is 31.4 Å². The third-order valence-corrected chi connectivity index (χ3v) is 8.20. The van der Waals surface area contributed by atoms with Gasteiger partial charge in [-0.1, -0.05) is 69.1 Å². The van der Waals surface area contributed by atoms with Crippen LogP contribution >= 0.6 is 11.6 Å². The maximum absolute atomic E-state index is 13.3. The number of hydrogen-bond donors (Lipinski definition) is 3. The lowest BCUT2D eigenvalue weighted by molar-refractivity contribution is 0.102. The van der Waals surface area contributed by atoms with Crippen molar-refractivity contribution in [3.05, 3.63) is 82.4 Å². The number of amides is 1. The molecular formula is C27H31ClN2O4S. The van der Waals surface area contributed by atoms with Crippen molar-refractivity contribution in [3.63, 3.8) is 0 Å². The fourth-order valence-electron chi connectivity index (χ4n) is 3.55. The molecule has 0 spiro atoms. The van der Waals surface area contributed by atoms with Crippen molar-refractivity contribution >= 4 is 38.7 Å². The molecule has 1 atom stereocenters. The first kappa shape index (κ1) is 26.6. The van der Waals surface area contributed by atoms with Gasteiger partial charge < -0.3 is 15.7 Å². The molecule has 0 aliphatic carbocycles. The Hall–Kier alpha value is -3.03. The van der Waals surface area contributed by atoms with Crippen molar-refractivity contribution in [2.24, 2.45) is 0 Å².